The molecule has 1 atom stereocenters. The maximum Gasteiger partial charge on any atom is 0.248 e. The van der Waals surface area contributed by atoms with Gasteiger partial charge in [-0.3, -0.25) is 9.48 Å². The maximum absolute atomic E-state index is 12.1. The summed E-state index contributed by atoms with van der Waals surface area (Å²) in [5.41, 5.74) is 0.907. The number of hydrogen-bond donors (Lipinski definition) is 1. The Balaban J connectivity index is 2.18. The zero-order chi connectivity index (χ0) is 13.8. The van der Waals surface area contributed by atoms with Gasteiger partial charge in [-0.2, -0.15) is 10.4 Å². The van der Waals surface area contributed by atoms with E-state index in [0.717, 1.165) is 4.47 Å². The molecule has 0 saturated heterocycles. The van der Waals surface area contributed by atoms with Crippen LogP contribution in [0.1, 0.15) is 18.5 Å². The van der Waals surface area contributed by atoms with Crippen LogP contribution in [0, 0.1) is 11.3 Å². The van der Waals surface area contributed by atoms with Crippen molar-refractivity contribution in [3.8, 4) is 6.07 Å². The summed E-state index contributed by atoms with van der Waals surface area (Å²) in [7, 11) is 0. The van der Waals surface area contributed by atoms with Crippen LogP contribution in [0.3, 0.4) is 0 Å². The second-order valence-corrected chi connectivity index (χ2v) is 4.87. The van der Waals surface area contributed by atoms with Gasteiger partial charge in [0.15, 0.2) is 0 Å². The molecule has 0 aliphatic heterocycles. The van der Waals surface area contributed by atoms with Crippen molar-refractivity contribution in [3.05, 3.63) is 46.7 Å². The lowest BCUT2D eigenvalue weighted by Crippen LogP contribution is -2.24. The molecule has 1 aromatic carbocycles. The van der Waals surface area contributed by atoms with Crippen LogP contribution in [0.4, 0.5) is 5.69 Å². The molecule has 5 nitrogen and oxygen atoms in total. The molecule has 0 spiro atoms. The minimum atomic E-state index is -0.440. The van der Waals surface area contributed by atoms with E-state index in [1.165, 1.54) is 0 Å². The molecule has 1 amide bonds. The second kappa shape index (κ2) is 5.67. The molecule has 1 N–H and O–H groups in total. The van der Waals surface area contributed by atoms with Gasteiger partial charge in [0, 0.05) is 16.9 Å². The van der Waals surface area contributed by atoms with Crippen molar-refractivity contribution in [2.45, 2.75) is 13.0 Å². The van der Waals surface area contributed by atoms with Gasteiger partial charge < -0.3 is 5.32 Å². The molecule has 0 aliphatic rings. The molecule has 1 unspecified atom stereocenters. The van der Waals surface area contributed by atoms with Crippen molar-refractivity contribution < 1.29 is 4.79 Å². The summed E-state index contributed by atoms with van der Waals surface area (Å²) in [5, 5.41) is 15.8. The standard InChI is InChI=1S/C13H11BrN4O/c1-9(18-6-2-5-16-18)13(19)17-12-4-3-11(14)7-10(12)8-15/h2-7,9H,1H3,(H,17,19). The Kier molecular flexibility index (Phi) is 3.97. The lowest BCUT2D eigenvalue weighted by atomic mass is 10.2. The average Bonchev–Trinajstić information content (AvgIpc) is 2.93. The Hall–Kier alpha value is -2.13. The normalized spacial score (nSPS) is 11.6. The molecule has 0 fully saturated rings. The molecule has 0 saturated carbocycles. The molecule has 0 aliphatic carbocycles. The number of halogens is 1. The van der Waals surface area contributed by atoms with Crippen molar-refractivity contribution in [2.24, 2.45) is 0 Å². The van der Waals surface area contributed by atoms with E-state index in [0.29, 0.717) is 11.3 Å². The van der Waals surface area contributed by atoms with E-state index in [9.17, 15) is 4.79 Å². The lowest BCUT2D eigenvalue weighted by Gasteiger charge is -2.13. The number of amides is 1. The summed E-state index contributed by atoms with van der Waals surface area (Å²) in [4.78, 5) is 12.1. The van der Waals surface area contributed by atoms with E-state index in [1.807, 2.05) is 6.07 Å². The van der Waals surface area contributed by atoms with Gasteiger partial charge in [-0.15, -0.1) is 0 Å². The third-order valence-corrected chi connectivity index (χ3v) is 3.15. The lowest BCUT2D eigenvalue weighted by molar-refractivity contribution is -0.119. The molecule has 19 heavy (non-hydrogen) atoms. The number of rotatable bonds is 3. The van der Waals surface area contributed by atoms with Crippen molar-refractivity contribution in [3.63, 3.8) is 0 Å². The maximum atomic E-state index is 12.1. The molecule has 2 aromatic rings. The SMILES string of the molecule is CC(C(=O)Nc1ccc(Br)cc1C#N)n1cccn1. The van der Waals surface area contributed by atoms with E-state index in [-0.39, 0.29) is 5.91 Å². The van der Waals surface area contributed by atoms with Crippen LogP contribution in [0.2, 0.25) is 0 Å². The highest BCUT2D eigenvalue weighted by Crippen LogP contribution is 2.21. The zero-order valence-corrected chi connectivity index (χ0v) is 11.8. The molecule has 96 valence electrons. The largest absolute Gasteiger partial charge is 0.323 e. The number of nitrogens with zero attached hydrogens (tertiary/aromatic N) is 3. The number of benzene rings is 1. The zero-order valence-electron chi connectivity index (χ0n) is 10.2. The minimum Gasteiger partial charge on any atom is -0.323 e. The van der Waals surface area contributed by atoms with Gasteiger partial charge >= 0.3 is 0 Å². The smallest absolute Gasteiger partial charge is 0.248 e. The third-order valence-electron chi connectivity index (χ3n) is 2.66. The molecule has 6 heteroatoms. The van der Waals surface area contributed by atoms with Gasteiger partial charge in [0.25, 0.3) is 0 Å². The molecule has 0 radical (unpaired) electrons. The van der Waals surface area contributed by atoms with Crippen molar-refractivity contribution in [1.29, 1.82) is 5.26 Å². The summed E-state index contributed by atoms with van der Waals surface area (Å²) >= 11 is 3.29. The van der Waals surface area contributed by atoms with Crippen LogP contribution in [0.25, 0.3) is 0 Å². The predicted octanol–water partition coefficient (Wildman–Crippen LogP) is 2.72. The van der Waals surface area contributed by atoms with Crippen LogP contribution in [0.15, 0.2) is 41.1 Å². The fraction of sp³-hybridized carbons (Fsp3) is 0.154. The number of aromatic nitrogens is 2. The van der Waals surface area contributed by atoms with Crippen LogP contribution < -0.4 is 5.32 Å². The van der Waals surface area contributed by atoms with Crippen molar-refractivity contribution >= 4 is 27.5 Å². The number of nitriles is 1. The van der Waals surface area contributed by atoms with Gasteiger partial charge in [-0.25, -0.2) is 0 Å². The predicted molar refractivity (Wildman–Crippen MR) is 74.4 cm³/mol. The minimum absolute atomic E-state index is 0.220. The fourth-order valence-corrected chi connectivity index (χ4v) is 1.95. The molecule has 1 heterocycles. The number of carbonyl (C=O) groups is 1. The Morgan fingerprint density at radius 3 is 3.00 bits per heavy atom. The van der Waals surface area contributed by atoms with E-state index < -0.39 is 6.04 Å². The van der Waals surface area contributed by atoms with Gasteiger partial charge in [-0.1, -0.05) is 15.9 Å². The summed E-state index contributed by atoms with van der Waals surface area (Å²) in [5.74, 6) is -0.220. The van der Waals surface area contributed by atoms with Crippen LogP contribution in [0.5, 0.6) is 0 Å². The first-order valence-electron chi connectivity index (χ1n) is 5.61. The Labute approximate surface area is 119 Å². The first-order valence-corrected chi connectivity index (χ1v) is 6.41. The summed E-state index contributed by atoms with van der Waals surface area (Å²) in [6.07, 6.45) is 3.33. The Morgan fingerprint density at radius 1 is 1.58 bits per heavy atom. The number of hydrogen-bond acceptors (Lipinski definition) is 3. The summed E-state index contributed by atoms with van der Waals surface area (Å²) in [6, 6.07) is 8.49. The molecule has 1 aromatic heterocycles. The average molecular weight is 319 g/mol. The van der Waals surface area contributed by atoms with E-state index >= 15 is 0 Å². The van der Waals surface area contributed by atoms with Crippen molar-refractivity contribution in [2.75, 3.05) is 5.32 Å². The first kappa shape index (κ1) is 13.3. The van der Waals surface area contributed by atoms with E-state index in [1.54, 1.807) is 48.3 Å². The topological polar surface area (TPSA) is 70.7 Å². The second-order valence-electron chi connectivity index (χ2n) is 3.95. The molecule has 0 bridgehead atoms. The highest BCUT2D eigenvalue weighted by atomic mass is 79.9. The first-order chi connectivity index (χ1) is 9.11. The fourth-order valence-electron chi connectivity index (χ4n) is 1.59. The highest BCUT2D eigenvalue weighted by molar-refractivity contribution is 9.10. The number of carbonyl (C=O) groups excluding carboxylic acids is 1. The number of anilines is 1. The third kappa shape index (κ3) is 3.01. The highest BCUT2D eigenvalue weighted by Gasteiger charge is 2.16. The van der Waals surface area contributed by atoms with Gasteiger partial charge in [0.05, 0.1) is 11.3 Å². The summed E-state index contributed by atoms with van der Waals surface area (Å²) < 4.78 is 2.35. The van der Waals surface area contributed by atoms with Gasteiger partial charge in [0.2, 0.25) is 5.91 Å². The van der Waals surface area contributed by atoms with Crippen molar-refractivity contribution in [1.82, 2.24) is 9.78 Å². The van der Waals surface area contributed by atoms with E-state index in [2.05, 4.69) is 26.3 Å². The molecule has 2 rings (SSSR count). The van der Waals surface area contributed by atoms with E-state index in [4.69, 9.17) is 5.26 Å². The van der Waals surface area contributed by atoms with Crippen LogP contribution in [-0.4, -0.2) is 15.7 Å². The molecular formula is C13H11BrN4O. The van der Waals surface area contributed by atoms with Crippen LogP contribution >= 0.6 is 15.9 Å². The van der Waals surface area contributed by atoms with Gasteiger partial charge in [0.1, 0.15) is 12.1 Å². The molecular weight excluding hydrogens is 308 g/mol. The number of nitrogens with one attached hydrogen (secondary N) is 1. The quantitative estimate of drug-likeness (QED) is 0.945. The van der Waals surface area contributed by atoms with Gasteiger partial charge in [-0.05, 0) is 31.2 Å². The van der Waals surface area contributed by atoms with Crippen LogP contribution in [-0.2, 0) is 4.79 Å². The Bertz CT molecular complexity index is 631. The summed E-state index contributed by atoms with van der Waals surface area (Å²) in [6.45, 7) is 1.74. The Morgan fingerprint density at radius 2 is 2.37 bits per heavy atom. The monoisotopic (exact) mass is 318 g/mol.